The van der Waals surface area contributed by atoms with E-state index >= 15 is 0 Å². The van der Waals surface area contributed by atoms with Crippen LogP contribution in [-0.2, 0) is 9.59 Å². The number of amides is 1. The average Bonchev–Trinajstić information content (AvgIpc) is 2.09. The lowest BCUT2D eigenvalue weighted by atomic mass is 9.86. The molecule has 1 amide bonds. The maximum Gasteiger partial charge on any atom is 0.326 e. The highest BCUT2D eigenvalue weighted by molar-refractivity contribution is 5.87. The van der Waals surface area contributed by atoms with Gasteiger partial charge >= 0.3 is 5.97 Å². The van der Waals surface area contributed by atoms with Crippen LogP contribution < -0.4 is 10.6 Å². The molecule has 88 valence electrons. The number of likely N-dealkylation sites (N-methyl/N-ethyl adjacent to an activating group) is 1. The Bertz CT molecular complexity index is 246. The van der Waals surface area contributed by atoms with Crippen molar-refractivity contribution < 1.29 is 14.7 Å². The van der Waals surface area contributed by atoms with Crippen molar-refractivity contribution in [2.24, 2.45) is 5.41 Å². The minimum absolute atomic E-state index is 0.306. The van der Waals surface area contributed by atoms with Gasteiger partial charge in [-0.25, -0.2) is 4.79 Å². The van der Waals surface area contributed by atoms with Gasteiger partial charge in [0.25, 0.3) is 0 Å². The highest BCUT2D eigenvalue weighted by atomic mass is 16.4. The second-order valence-electron chi connectivity index (χ2n) is 4.66. The maximum absolute atomic E-state index is 11.5. The first-order valence-electron chi connectivity index (χ1n) is 4.90. The molecular weight excluding hydrogens is 196 g/mol. The molecular formula is C10H20N2O3. The fourth-order valence-corrected chi connectivity index (χ4v) is 1.05. The van der Waals surface area contributed by atoms with Gasteiger partial charge < -0.3 is 15.7 Å². The van der Waals surface area contributed by atoms with Gasteiger partial charge in [0, 0.05) is 0 Å². The van der Waals surface area contributed by atoms with Crippen molar-refractivity contribution in [1.29, 1.82) is 0 Å². The molecule has 0 fully saturated rings. The summed E-state index contributed by atoms with van der Waals surface area (Å²) in [7, 11) is 1.65. The average molecular weight is 216 g/mol. The van der Waals surface area contributed by atoms with Gasteiger partial charge in [-0.15, -0.1) is 0 Å². The van der Waals surface area contributed by atoms with Crippen molar-refractivity contribution in [3.8, 4) is 0 Å². The number of carbonyl (C=O) groups is 2. The molecule has 0 aliphatic carbocycles. The second kappa shape index (κ2) is 5.11. The Kier molecular flexibility index (Phi) is 4.74. The molecule has 1 unspecified atom stereocenters. The number of carboxylic acids is 1. The van der Waals surface area contributed by atoms with Crippen LogP contribution >= 0.6 is 0 Å². The summed E-state index contributed by atoms with van der Waals surface area (Å²) in [5.41, 5.74) is -0.505. The fraction of sp³-hybridized carbons (Fsp3) is 0.800. The van der Waals surface area contributed by atoms with Crippen molar-refractivity contribution in [2.45, 2.75) is 39.8 Å². The molecule has 0 aromatic heterocycles. The highest BCUT2D eigenvalue weighted by Crippen LogP contribution is 2.19. The van der Waals surface area contributed by atoms with E-state index in [0.717, 1.165) is 0 Å². The van der Waals surface area contributed by atoms with Crippen LogP contribution in [-0.4, -0.2) is 36.1 Å². The Morgan fingerprint density at radius 2 is 1.73 bits per heavy atom. The van der Waals surface area contributed by atoms with Gasteiger partial charge in [0.1, 0.15) is 6.04 Å². The number of rotatable bonds is 4. The van der Waals surface area contributed by atoms with Gasteiger partial charge in [0.05, 0.1) is 6.04 Å². The monoisotopic (exact) mass is 216 g/mol. The Balaban J connectivity index is 4.58. The summed E-state index contributed by atoms with van der Waals surface area (Å²) in [5.74, 6) is -1.32. The molecule has 0 bridgehead atoms. The van der Waals surface area contributed by atoms with Gasteiger partial charge in [-0.05, 0) is 19.4 Å². The number of aliphatic carboxylic acids is 1. The summed E-state index contributed by atoms with van der Waals surface area (Å²) in [6.07, 6.45) is 0. The first-order valence-corrected chi connectivity index (χ1v) is 4.90. The van der Waals surface area contributed by atoms with Gasteiger partial charge in [0.2, 0.25) is 5.91 Å². The van der Waals surface area contributed by atoms with E-state index in [9.17, 15) is 9.59 Å². The van der Waals surface area contributed by atoms with Crippen LogP contribution in [0.3, 0.4) is 0 Å². The Morgan fingerprint density at radius 1 is 1.27 bits per heavy atom. The summed E-state index contributed by atoms with van der Waals surface area (Å²) in [5, 5.41) is 14.2. The number of nitrogens with one attached hydrogen (secondary N) is 2. The van der Waals surface area contributed by atoms with E-state index in [2.05, 4.69) is 10.6 Å². The predicted molar refractivity (Wildman–Crippen MR) is 57.5 cm³/mol. The molecule has 0 aromatic carbocycles. The molecule has 0 aromatic rings. The smallest absolute Gasteiger partial charge is 0.326 e. The maximum atomic E-state index is 11.5. The minimum atomic E-state index is -1.01. The summed E-state index contributed by atoms with van der Waals surface area (Å²) in [4.78, 5) is 22.5. The number of carbonyl (C=O) groups excluding carboxylic acids is 1. The number of hydrogen-bond donors (Lipinski definition) is 3. The molecule has 0 spiro atoms. The summed E-state index contributed by atoms with van der Waals surface area (Å²) in [6, 6.07) is -1.27. The van der Waals surface area contributed by atoms with Crippen molar-refractivity contribution in [3.63, 3.8) is 0 Å². The van der Waals surface area contributed by atoms with E-state index in [1.54, 1.807) is 34.7 Å². The van der Waals surface area contributed by atoms with Crippen molar-refractivity contribution >= 4 is 11.9 Å². The molecule has 0 aliphatic heterocycles. The van der Waals surface area contributed by atoms with E-state index < -0.39 is 23.5 Å². The lowest BCUT2D eigenvalue weighted by Crippen LogP contribution is -2.53. The van der Waals surface area contributed by atoms with E-state index in [-0.39, 0.29) is 5.91 Å². The minimum Gasteiger partial charge on any atom is -0.480 e. The van der Waals surface area contributed by atoms with Gasteiger partial charge in [-0.2, -0.15) is 0 Å². The van der Waals surface area contributed by atoms with E-state index in [1.165, 1.54) is 0 Å². The SMILES string of the molecule is CNC(C)C(=O)N[C@H](C(=O)O)C(C)(C)C. The zero-order chi connectivity index (χ0) is 12.2. The topological polar surface area (TPSA) is 78.4 Å². The Morgan fingerprint density at radius 3 is 2.00 bits per heavy atom. The lowest BCUT2D eigenvalue weighted by molar-refractivity contribution is -0.145. The van der Waals surface area contributed by atoms with Crippen LogP contribution in [0, 0.1) is 5.41 Å². The largest absolute Gasteiger partial charge is 0.480 e. The summed E-state index contributed by atoms with van der Waals surface area (Å²) < 4.78 is 0. The molecule has 15 heavy (non-hydrogen) atoms. The van der Waals surface area contributed by atoms with E-state index in [1.807, 2.05) is 0 Å². The third-order valence-corrected chi connectivity index (χ3v) is 2.23. The molecule has 0 rings (SSSR count). The standard InChI is InChI=1S/C10H20N2O3/c1-6(11-5)8(13)12-7(9(14)15)10(2,3)4/h6-7,11H,1-5H3,(H,12,13)(H,14,15)/t6?,7-/m1/s1. The van der Waals surface area contributed by atoms with Crippen molar-refractivity contribution in [2.75, 3.05) is 7.05 Å². The van der Waals surface area contributed by atoms with Crippen LogP contribution in [0.2, 0.25) is 0 Å². The normalized spacial score (nSPS) is 15.5. The lowest BCUT2D eigenvalue weighted by Gasteiger charge is -2.28. The quantitative estimate of drug-likeness (QED) is 0.627. The highest BCUT2D eigenvalue weighted by Gasteiger charge is 2.33. The molecule has 0 saturated heterocycles. The molecule has 2 atom stereocenters. The third-order valence-electron chi connectivity index (χ3n) is 2.23. The molecule has 0 saturated carbocycles. The van der Waals surface area contributed by atoms with Crippen LogP contribution in [0.4, 0.5) is 0 Å². The zero-order valence-corrected chi connectivity index (χ0v) is 9.92. The zero-order valence-electron chi connectivity index (χ0n) is 9.92. The van der Waals surface area contributed by atoms with Crippen molar-refractivity contribution in [1.82, 2.24) is 10.6 Å². The van der Waals surface area contributed by atoms with Gasteiger partial charge in [0.15, 0.2) is 0 Å². The van der Waals surface area contributed by atoms with Crippen LogP contribution in [0.25, 0.3) is 0 Å². The summed E-state index contributed by atoms with van der Waals surface area (Å²) >= 11 is 0. The molecule has 0 heterocycles. The van der Waals surface area contributed by atoms with Crippen LogP contribution in [0.1, 0.15) is 27.7 Å². The van der Waals surface area contributed by atoms with Gasteiger partial charge in [-0.3, -0.25) is 4.79 Å². The first-order chi connectivity index (χ1) is 6.70. The third kappa shape index (κ3) is 4.29. The molecule has 5 nitrogen and oxygen atoms in total. The molecule has 3 N–H and O–H groups in total. The molecule has 0 radical (unpaired) electrons. The van der Waals surface area contributed by atoms with E-state index in [0.29, 0.717) is 0 Å². The number of carboxylic acid groups (broad SMARTS) is 1. The Labute approximate surface area is 90.2 Å². The second-order valence-corrected chi connectivity index (χ2v) is 4.66. The number of hydrogen-bond acceptors (Lipinski definition) is 3. The molecule has 0 aliphatic rings. The van der Waals surface area contributed by atoms with Crippen LogP contribution in [0.15, 0.2) is 0 Å². The van der Waals surface area contributed by atoms with Crippen LogP contribution in [0.5, 0.6) is 0 Å². The Hall–Kier alpha value is -1.10. The summed E-state index contributed by atoms with van der Waals surface area (Å²) in [6.45, 7) is 7.00. The first kappa shape index (κ1) is 13.9. The van der Waals surface area contributed by atoms with E-state index in [4.69, 9.17) is 5.11 Å². The predicted octanol–water partition coefficient (Wildman–Crippen LogP) is 0.210. The fourth-order valence-electron chi connectivity index (χ4n) is 1.05. The van der Waals surface area contributed by atoms with Gasteiger partial charge in [-0.1, -0.05) is 20.8 Å². The molecule has 5 heteroatoms. The van der Waals surface area contributed by atoms with Crippen molar-refractivity contribution in [3.05, 3.63) is 0 Å².